The number of pyridine rings is 1. The van der Waals surface area contributed by atoms with E-state index in [2.05, 4.69) is 4.98 Å². The Kier molecular flexibility index (Phi) is 3.41. The largest absolute Gasteiger partial charge is 0.394 e. The van der Waals surface area contributed by atoms with Crippen molar-refractivity contribution in [2.75, 3.05) is 13.2 Å². The fraction of sp³-hybridized carbons (Fsp3) is 0.455. The molecule has 86 valence electrons. The van der Waals surface area contributed by atoms with Gasteiger partial charge in [-0.15, -0.1) is 0 Å². The molecule has 1 aliphatic heterocycles. The number of amides is 1. The maximum Gasteiger partial charge on any atom is 0.257 e. The first-order valence-corrected chi connectivity index (χ1v) is 5.64. The number of nitrogens with zero attached hydrogens (tertiary/aromatic N) is 2. The van der Waals surface area contributed by atoms with Gasteiger partial charge in [-0.05, 0) is 25.0 Å². The number of aliphatic hydroxyl groups is 1. The van der Waals surface area contributed by atoms with Crippen LogP contribution in [0.1, 0.15) is 23.2 Å². The van der Waals surface area contributed by atoms with Crippen LogP contribution >= 0.6 is 11.6 Å². The molecule has 5 heteroatoms. The SMILES string of the molecule is O=C(c1cccnc1Cl)N1CCCC1CO. The molecule has 2 heterocycles. The summed E-state index contributed by atoms with van der Waals surface area (Å²) in [4.78, 5) is 17.7. The lowest BCUT2D eigenvalue weighted by Crippen LogP contribution is -2.37. The molecule has 2 rings (SSSR count). The molecule has 0 aromatic carbocycles. The number of aliphatic hydroxyl groups excluding tert-OH is 1. The first-order chi connectivity index (χ1) is 7.74. The van der Waals surface area contributed by atoms with Crippen LogP contribution in [0.25, 0.3) is 0 Å². The van der Waals surface area contributed by atoms with Gasteiger partial charge in [-0.25, -0.2) is 4.98 Å². The Morgan fingerprint density at radius 3 is 3.19 bits per heavy atom. The normalized spacial score (nSPS) is 20.1. The summed E-state index contributed by atoms with van der Waals surface area (Å²) in [7, 11) is 0. The van der Waals surface area contributed by atoms with Crippen LogP contribution < -0.4 is 0 Å². The lowest BCUT2D eigenvalue weighted by Gasteiger charge is -2.23. The zero-order valence-corrected chi connectivity index (χ0v) is 9.52. The van der Waals surface area contributed by atoms with Crippen LogP contribution in [0.2, 0.25) is 5.15 Å². The van der Waals surface area contributed by atoms with Crippen LogP contribution in [-0.2, 0) is 0 Å². The molecule has 1 unspecified atom stereocenters. The van der Waals surface area contributed by atoms with Gasteiger partial charge < -0.3 is 10.0 Å². The van der Waals surface area contributed by atoms with Gasteiger partial charge in [0.15, 0.2) is 0 Å². The Bertz CT molecular complexity index is 397. The lowest BCUT2D eigenvalue weighted by atomic mass is 10.2. The lowest BCUT2D eigenvalue weighted by molar-refractivity contribution is 0.0677. The van der Waals surface area contributed by atoms with Gasteiger partial charge in [0.1, 0.15) is 5.15 Å². The van der Waals surface area contributed by atoms with E-state index in [0.717, 1.165) is 12.8 Å². The predicted octanol–water partition coefficient (Wildman–Crippen LogP) is 1.33. The molecule has 0 spiro atoms. The van der Waals surface area contributed by atoms with E-state index < -0.39 is 0 Å². The van der Waals surface area contributed by atoms with E-state index in [1.165, 1.54) is 0 Å². The first kappa shape index (κ1) is 11.4. The predicted molar refractivity (Wildman–Crippen MR) is 60.4 cm³/mol. The summed E-state index contributed by atoms with van der Waals surface area (Å²) < 4.78 is 0. The van der Waals surface area contributed by atoms with Crippen LogP contribution in [0, 0.1) is 0 Å². The van der Waals surface area contributed by atoms with Gasteiger partial charge in [-0.3, -0.25) is 4.79 Å². The molecule has 1 amide bonds. The highest BCUT2D eigenvalue weighted by atomic mass is 35.5. The monoisotopic (exact) mass is 240 g/mol. The summed E-state index contributed by atoms with van der Waals surface area (Å²) in [6.45, 7) is 0.679. The minimum absolute atomic E-state index is 0.00359. The number of aromatic nitrogens is 1. The van der Waals surface area contributed by atoms with Crippen LogP contribution in [0.5, 0.6) is 0 Å². The van der Waals surface area contributed by atoms with Crippen molar-refractivity contribution in [1.29, 1.82) is 0 Å². The standard InChI is InChI=1S/C11H13ClN2O2/c12-10-9(4-1-5-13-10)11(16)14-6-2-3-8(14)7-15/h1,4-5,8,15H,2-3,6-7H2. The van der Waals surface area contributed by atoms with Crippen molar-refractivity contribution in [2.24, 2.45) is 0 Å². The van der Waals surface area contributed by atoms with Crippen molar-refractivity contribution in [2.45, 2.75) is 18.9 Å². The van der Waals surface area contributed by atoms with Crippen molar-refractivity contribution in [3.63, 3.8) is 0 Å². The number of rotatable bonds is 2. The Hall–Kier alpha value is -1.13. The van der Waals surface area contributed by atoms with Gasteiger partial charge in [-0.2, -0.15) is 0 Å². The summed E-state index contributed by atoms with van der Waals surface area (Å²) >= 11 is 5.87. The molecular formula is C11H13ClN2O2. The van der Waals surface area contributed by atoms with E-state index in [9.17, 15) is 4.79 Å². The van der Waals surface area contributed by atoms with Gasteiger partial charge in [0, 0.05) is 12.7 Å². The Morgan fingerprint density at radius 1 is 1.69 bits per heavy atom. The molecule has 0 bridgehead atoms. The second-order valence-electron chi connectivity index (χ2n) is 3.82. The Morgan fingerprint density at radius 2 is 2.50 bits per heavy atom. The van der Waals surface area contributed by atoms with E-state index in [1.54, 1.807) is 23.2 Å². The van der Waals surface area contributed by atoms with E-state index >= 15 is 0 Å². The molecule has 0 radical (unpaired) electrons. The molecule has 1 aromatic heterocycles. The number of carbonyl (C=O) groups is 1. The highest BCUT2D eigenvalue weighted by Crippen LogP contribution is 2.22. The molecule has 0 aliphatic carbocycles. The van der Waals surface area contributed by atoms with Crippen molar-refractivity contribution < 1.29 is 9.90 Å². The second-order valence-corrected chi connectivity index (χ2v) is 4.18. The maximum absolute atomic E-state index is 12.1. The number of hydrogen-bond acceptors (Lipinski definition) is 3. The zero-order chi connectivity index (χ0) is 11.5. The van der Waals surface area contributed by atoms with E-state index in [4.69, 9.17) is 16.7 Å². The summed E-state index contributed by atoms with van der Waals surface area (Å²) in [5.41, 5.74) is 0.407. The Labute approximate surface area is 98.9 Å². The summed E-state index contributed by atoms with van der Waals surface area (Å²) in [6.07, 6.45) is 3.32. The highest BCUT2D eigenvalue weighted by molar-refractivity contribution is 6.32. The summed E-state index contributed by atoms with van der Waals surface area (Å²) in [5.74, 6) is -0.144. The van der Waals surface area contributed by atoms with Gasteiger partial charge >= 0.3 is 0 Å². The van der Waals surface area contributed by atoms with E-state index in [1.807, 2.05) is 0 Å². The molecule has 1 saturated heterocycles. The number of likely N-dealkylation sites (tertiary alicyclic amines) is 1. The quantitative estimate of drug-likeness (QED) is 0.794. The van der Waals surface area contributed by atoms with Crippen LogP contribution in [-0.4, -0.2) is 40.1 Å². The topological polar surface area (TPSA) is 53.4 Å². The third-order valence-electron chi connectivity index (χ3n) is 2.84. The number of carbonyl (C=O) groups excluding carboxylic acids is 1. The van der Waals surface area contributed by atoms with Gasteiger partial charge in [0.25, 0.3) is 5.91 Å². The fourth-order valence-corrected chi connectivity index (χ4v) is 2.19. The van der Waals surface area contributed by atoms with Crippen molar-refractivity contribution >= 4 is 17.5 Å². The highest BCUT2D eigenvalue weighted by Gasteiger charge is 2.29. The molecular weight excluding hydrogens is 228 g/mol. The smallest absolute Gasteiger partial charge is 0.257 e. The molecule has 4 nitrogen and oxygen atoms in total. The van der Waals surface area contributed by atoms with E-state index in [0.29, 0.717) is 12.1 Å². The molecule has 1 aliphatic rings. The minimum atomic E-state index is -0.144. The van der Waals surface area contributed by atoms with Crippen molar-refractivity contribution in [3.05, 3.63) is 29.0 Å². The molecule has 1 fully saturated rings. The maximum atomic E-state index is 12.1. The summed E-state index contributed by atoms with van der Waals surface area (Å²) in [5, 5.41) is 9.38. The van der Waals surface area contributed by atoms with Gasteiger partial charge in [0.2, 0.25) is 0 Å². The fourth-order valence-electron chi connectivity index (χ4n) is 1.99. The molecule has 16 heavy (non-hydrogen) atoms. The Balaban J connectivity index is 2.22. The average Bonchev–Trinajstić information content (AvgIpc) is 2.77. The average molecular weight is 241 g/mol. The van der Waals surface area contributed by atoms with E-state index in [-0.39, 0.29) is 23.7 Å². The first-order valence-electron chi connectivity index (χ1n) is 5.26. The number of hydrogen-bond donors (Lipinski definition) is 1. The third-order valence-corrected chi connectivity index (χ3v) is 3.14. The zero-order valence-electron chi connectivity index (χ0n) is 8.77. The minimum Gasteiger partial charge on any atom is -0.394 e. The molecule has 0 saturated carbocycles. The van der Waals surface area contributed by atoms with Gasteiger partial charge in [-0.1, -0.05) is 11.6 Å². The van der Waals surface area contributed by atoms with Crippen LogP contribution in [0.15, 0.2) is 18.3 Å². The molecule has 1 N–H and O–H groups in total. The van der Waals surface area contributed by atoms with Crippen LogP contribution in [0.4, 0.5) is 0 Å². The number of halogens is 1. The second kappa shape index (κ2) is 4.80. The van der Waals surface area contributed by atoms with Gasteiger partial charge in [0.05, 0.1) is 18.2 Å². The van der Waals surface area contributed by atoms with Crippen molar-refractivity contribution in [3.8, 4) is 0 Å². The molecule has 1 atom stereocenters. The third kappa shape index (κ3) is 2.03. The molecule has 1 aromatic rings. The van der Waals surface area contributed by atoms with Crippen LogP contribution in [0.3, 0.4) is 0 Å². The summed E-state index contributed by atoms with van der Waals surface area (Å²) in [6, 6.07) is 3.26. The van der Waals surface area contributed by atoms with Crippen molar-refractivity contribution in [1.82, 2.24) is 9.88 Å².